The summed E-state index contributed by atoms with van der Waals surface area (Å²) in [6.07, 6.45) is 1.85. The summed E-state index contributed by atoms with van der Waals surface area (Å²) in [5, 5.41) is 1.25. The van der Waals surface area contributed by atoms with Gasteiger partial charge in [-0.25, -0.2) is 0 Å². The number of pyridine rings is 1. The lowest BCUT2D eigenvalue weighted by Crippen LogP contribution is -2.03. The average Bonchev–Trinajstić information content (AvgIpc) is 2.06. The van der Waals surface area contributed by atoms with Gasteiger partial charge in [0, 0.05) is 6.20 Å². The van der Waals surface area contributed by atoms with Crippen molar-refractivity contribution in [2.24, 2.45) is 0 Å². The summed E-state index contributed by atoms with van der Waals surface area (Å²) < 4.78 is 1.38. The van der Waals surface area contributed by atoms with Crippen LogP contribution < -0.4 is 4.43 Å². The van der Waals surface area contributed by atoms with Crippen LogP contribution in [0.4, 0.5) is 0 Å². The van der Waals surface area contributed by atoms with Crippen molar-refractivity contribution in [1.82, 2.24) is 4.98 Å². The van der Waals surface area contributed by atoms with Crippen molar-refractivity contribution < 1.29 is 0 Å². The van der Waals surface area contributed by atoms with E-state index in [0.717, 1.165) is 16.3 Å². The number of benzene rings is 1. The Kier molecular flexibility index (Phi) is 1.65. The standard InChI is InChI=1S/C9H6N.Al.2H/c1-2-6-9-8(4-1)5-3-7-10-9;;;/h1-5,7H;;;. The first kappa shape index (κ1) is 6.85. The molecule has 0 fully saturated rings. The molecule has 0 N–H and O–H groups in total. The van der Waals surface area contributed by atoms with Gasteiger partial charge in [0.2, 0.25) is 0 Å². The minimum atomic E-state index is 1.07. The monoisotopic (exact) mass is 157 g/mol. The van der Waals surface area contributed by atoms with Crippen LogP contribution in [0.2, 0.25) is 0 Å². The molecule has 0 saturated heterocycles. The fourth-order valence-electron chi connectivity index (χ4n) is 1.26. The van der Waals surface area contributed by atoms with Crippen LogP contribution in [0, 0.1) is 0 Å². The maximum atomic E-state index is 4.32. The highest BCUT2D eigenvalue weighted by Gasteiger charge is 1.93. The first-order chi connectivity index (χ1) is 5.38. The van der Waals surface area contributed by atoms with Gasteiger partial charge in [-0.3, -0.25) is 4.98 Å². The summed E-state index contributed by atoms with van der Waals surface area (Å²) in [5.41, 5.74) is 1.17. The molecule has 0 spiro atoms. The van der Waals surface area contributed by atoms with Crippen LogP contribution in [0.3, 0.4) is 0 Å². The van der Waals surface area contributed by atoms with E-state index in [4.69, 9.17) is 0 Å². The van der Waals surface area contributed by atoms with Crippen molar-refractivity contribution in [3.63, 3.8) is 0 Å². The predicted molar refractivity (Wildman–Crippen MR) is 49.9 cm³/mol. The molecule has 1 nitrogen and oxygen atoms in total. The van der Waals surface area contributed by atoms with Crippen LogP contribution in [0.25, 0.3) is 10.9 Å². The van der Waals surface area contributed by atoms with E-state index in [1.807, 2.05) is 12.3 Å². The van der Waals surface area contributed by atoms with E-state index in [-0.39, 0.29) is 0 Å². The van der Waals surface area contributed by atoms with Crippen molar-refractivity contribution in [2.75, 3.05) is 0 Å². The van der Waals surface area contributed by atoms with E-state index in [1.165, 1.54) is 15.3 Å². The van der Waals surface area contributed by atoms with E-state index in [0.29, 0.717) is 0 Å². The first-order valence-electron chi connectivity index (χ1n) is 3.68. The number of para-hydroxylation sites is 1. The summed E-state index contributed by atoms with van der Waals surface area (Å²) in [7, 11) is 0. The Balaban J connectivity index is 2.91. The van der Waals surface area contributed by atoms with E-state index in [9.17, 15) is 0 Å². The highest BCUT2D eigenvalue weighted by Crippen LogP contribution is 2.05. The Morgan fingerprint density at radius 1 is 1.09 bits per heavy atom. The molecule has 11 heavy (non-hydrogen) atoms. The van der Waals surface area contributed by atoms with E-state index in [2.05, 4.69) is 29.2 Å². The van der Waals surface area contributed by atoms with Crippen LogP contribution in [0.15, 0.2) is 36.5 Å². The van der Waals surface area contributed by atoms with Gasteiger partial charge >= 0.3 is 0 Å². The molecule has 0 aliphatic carbocycles. The lowest BCUT2D eigenvalue weighted by atomic mass is 10.2. The topological polar surface area (TPSA) is 12.9 Å². The first-order valence-corrected chi connectivity index (χ1v) is 4.68. The second-order valence-electron chi connectivity index (χ2n) is 2.65. The van der Waals surface area contributed by atoms with Gasteiger partial charge in [-0.2, -0.15) is 0 Å². The molecule has 0 radical (unpaired) electrons. The predicted octanol–water partition coefficient (Wildman–Crippen LogP) is 0.493. The third-order valence-electron chi connectivity index (χ3n) is 1.83. The Morgan fingerprint density at radius 3 is 2.73 bits per heavy atom. The van der Waals surface area contributed by atoms with Crippen LogP contribution in [-0.2, 0) is 0 Å². The minimum Gasteiger partial charge on any atom is -0.258 e. The summed E-state index contributed by atoms with van der Waals surface area (Å²) in [4.78, 5) is 4.32. The van der Waals surface area contributed by atoms with Crippen molar-refractivity contribution in [1.29, 1.82) is 0 Å². The zero-order valence-corrected chi connectivity index (χ0v) is 8.41. The highest BCUT2D eigenvalue weighted by atomic mass is 27.0. The summed E-state index contributed by atoms with van der Waals surface area (Å²) in [5.74, 6) is 0. The molecule has 0 bridgehead atoms. The van der Waals surface area contributed by atoms with E-state index >= 15 is 0 Å². The highest BCUT2D eigenvalue weighted by molar-refractivity contribution is 6.38. The Labute approximate surface area is 73.5 Å². The number of hydrogen-bond donors (Lipinski definition) is 0. The molecule has 2 heteroatoms. The number of fused-ring (bicyclic) bond motifs is 1. The van der Waals surface area contributed by atoms with Crippen LogP contribution in [0.5, 0.6) is 0 Å². The van der Waals surface area contributed by atoms with E-state index < -0.39 is 0 Å². The fourth-order valence-corrected chi connectivity index (χ4v) is 1.87. The normalized spacial score (nSPS) is 10.2. The molecular formula is C9H8AlN. The smallest absolute Gasteiger partial charge is 0.258 e. The molecule has 0 atom stereocenters. The average molecular weight is 157 g/mol. The second kappa shape index (κ2) is 2.66. The van der Waals surface area contributed by atoms with Crippen molar-refractivity contribution in [3.8, 4) is 0 Å². The van der Waals surface area contributed by atoms with Gasteiger partial charge in [-0.15, -0.1) is 0 Å². The van der Waals surface area contributed by atoms with Gasteiger partial charge in [-0.05, 0) is 11.5 Å². The quantitative estimate of drug-likeness (QED) is 0.507. The Hall–Kier alpha value is -0.838. The molecule has 1 aromatic heterocycles. The molecule has 0 amide bonds. The summed E-state index contributed by atoms with van der Waals surface area (Å²) >= 11 is 1.07. The lowest BCUT2D eigenvalue weighted by Gasteiger charge is -1.98. The van der Waals surface area contributed by atoms with Crippen LogP contribution in [-0.4, -0.2) is 21.3 Å². The Morgan fingerprint density at radius 2 is 1.91 bits per heavy atom. The zero-order valence-electron chi connectivity index (χ0n) is 6.41. The van der Waals surface area contributed by atoms with Crippen molar-refractivity contribution >= 4 is 31.6 Å². The number of hydrogen-bond acceptors (Lipinski definition) is 1. The molecule has 0 saturated carbocycles. The molecular weight excluding hydrogens is 149 g/mol. The molecule has 52 valence electrons. The van der Waals surface area contributed by atoms with E-state index in [1.54, 1.807) is 0 Å². The number of aromatic nitrogens is 1. The van der Waals surface area contributed by atoms with Gasteiger partial charge < -0.3 is 0 Å². The van der Waals surface area contributed by atoms with Gasteiger partial charge in [0.15, 0.2) is 0 Å². The molecule has 1 heterocycles. The molecule has 0 unspecified atom stereocenters. The second-order valence-corrected chi connectivity index (χ2v) is 3.73. The number of nitrogens with zero attached hydrogens (tertiary/aromatic N) is 1. The Bertz CT molecular complexity index is 379. The van der Waals surface area contributed by atoms with Gasteiger partial charge in [0.25, 0.3) is 16.3 Å². The van der Waals surface area contributed by atoms with Crippen molar-refractivity contribution in [2.45, 2.75) is 0 Å². The largest absolute Gasteiger partial charge is 0.262 e. The summed E-state index contributed by atoms with van der Waals surface area (Å²) in [6.45, 7) is 0. The summed E-state index contributed by atoms with van der Waals surface area (Å²) in [6, 6.07) is 10.4. The molecule has 2 rings (SSSR count). The zero-order chi connectivity index (χ0) is 7.68. The molecule has 1 aromatic carbocycles. The van der Waals surface area contributed by atoms with Crippen LogP contribution >= 0.6 is 0 Å². The fraction of sp³-hybridized carbons (Fsp3) is 0. The minimum absolute atomic E-state index is 1.07. The lowest BCUT2D eigenvalue weighted by molar-refractivity contribution is 1.42. The van der Waals surface area contributed by atoms with Crippen LogP contribution in [0.1, 0.15) is 0 Å². The van der Waals surface area contributed by atoms with Gasteiger partial charge in [-0.1, -0.05) is 28.7 Å². The SMILES string of the molecule is [AlH2][c]1cccc2cccnc12. The molecule has 0 aliphatic rings. The maximum absolute atomic E-state index is 4.32. The third kappa shape index (κ3) is 1.16. The maximum Gasteiger partial charge on any atom is 0.262 e. The van der Waals surface area contributed by atoms with Gasteiger partial charge in [0.1, 0.15) is 0 Å². The number of rotatable bonds is 0. The van der Waals surface area contributed by atoms with Crippen molar-refractivity contribution in [3.05, 3.63) is 36.5 Å². The third-order valence-corrected chi connectivity index (χ3v) is 2.64. The molecule has 0 aliphatic heterocycles. The van der Waals surface area contributed by atoms with Gasteiger partial charge in [0.05, 0.1) is 5.52 Å². The molecule has 2 aromatic rings.